The Kier molecular flexibility index (Phi) is 3.27. The number of hydrogen-bond donors (Lipinski definition) is 2. The van der Waals surface area contributed by atoms with Crippen LogP contribution in [0.15, 0.2) is 6.33 Å². The maximum Gasteiger partial charge on any atom is 0.227 e. The van der Waals surface area contributed by atoms with Gasteiger partial charge in [-0.25, -0.2) is 9.97 Å². The van der Waals surface area contributed by atoms with Gasteiger partial charge < -0.3 is 10.4 Å². The highest BCUT2D eigenvalue weighted by Gasteiger charge is 2.24. The van der Waals surface area contributed by atoms with Gasteiger partial charge in [0.1, 0.15) is 11.2 Å². The first-order valence-electron chi connectivity index (χ1n) is 7.69. The molecule has 0 fully saturated rings. The zero-order chi connectivity index (χ0) is 15.3. The minimum absolute atomic E-state index is 0.437. The van der Waals surface area contributed by atoms with Crippen LogP contribution in [0, 0.1) is 5.92 Å². The third-order valence-corrected chi connectivity index (χ3v) is 5.41. The van der Waals surface area contributed by atoms with Crippen LogP contribution < -0.4 is 5.32 Å². The maximum atomic E-state index is 9.48. The molecule has 0 aliphatic heterocycles. The standard InChI is InChI=1S/C15H19N5OS/c1-8-3-4-11-10(5-8)12-13-17-7-18-20(13)15(16-6-9(2)21)19-14(12)22-11/h7-9,21H,3-6H2,1-2H3,(H,16,19). The van der Waals surface area contributed by atoms with Crippen molar-refractivity contribution in [1.82, 2.24) is 19.6 Å². The van der Waals surface area contributed by atoms with Gasteiger partial charge in [0.15, 0.2) is 5.65 Å². The van der Waals surface area contributed by atoms with Crippen molar-refractivity contribution in [2.75, 3.05) is 11.9 Å². The van der Waals surface area contributed by atoms with Gasteiger partial charge in [0.05, 0.1) is 11.5 Å². The van der Waals surface area contributed by atoms with Crippen LogP contribution in [0.2, 0.25) is 0 Å². The molecule has 0 saturated heterocycles. The number of nitrogens with one attached hydrogen (secondary N) is 1. The lowest BCUT2D eigenvalue weighted by Crippen LogP contribution is -2.18. The second-order valence-corrected chi connectivity index (χ2v) is 7.28. The Morgan fingerprint density at radius 3 is 3.23 bits per heavy atom. The summed E-state index contributed by atoms with van der Waals surface area (Å²) in [6.45, 7) is 4.49. The van der Waals surface area contributed by atoms with Crippen LogP contribution in [0.3, 0.4) is 0 Å². The quantitative estimate of drug-likeness (QED) is 0.775. The van der Waals surface area contributed by atoms with Crippen LogP contribution in [0.4, 0.5) is 5.95 Å². The number of aromatic nitrogens is 4. The Morgan fingerprint density at radius 2 is 2.41 bits per heavy atom. The largest absolute Gasteiger partial charge is 0.392 e. The van der Waals surface area contributed by atoms with E-state index in [1.165, 1.54) is 16.9 Å². The Hall–Kier alpha value is -1.73. The van der Waals surface area contributed by atoms with Gasteiger partial charge in [-0.15, -0.1) is 11.3 Å². The summed E-state index contributed by atoms with van der Waals surface area (Å²) in [5, 5.41) is 18.1. The number of nitrogens with zero attached hydrogens (tertiary/aromatic N) is 4. The first-order chi connectivity index (χ1) is 10.6. The van der Waals surface area contributed by atoms with Gasteiger partial charge in [0, 0.05) is 11.4 Å². The van der Waals surface area contributed by atoms with Gasteiger partial charge in [-0.05, 0) is 37.7 Å². The summed E-state index contributed by atoms with van der Waals surface area (Å²) < 4.78 is 1.75. The smallest absolute Gasteiger partial charge is 0.227 e. The van der Waals surface area contributed by atoms with Crippen LogP contribution in [0.5, 0.6) is 0 Å². The number of thiophene rings is 1. The number of aliphatic hydroxyl groups excluding tert-OH is 1. The van der Waals surface area contributed by atoms with Crippen LogP contribution in [-0.2, 0) is 12.8 Å². The van der Waals surface area contributed by atoms with E-state index in [0.717, 1.165) is 28.7 Å². The Balaban J connectivity index is 1.91. The normalized spacial score (nSPS) is 19.5. The monoisotopic (exact) mass is 317 g/mol. The minimum Gasteiger partial charge on any atom is -0.392 e. The fourth-order valence-electron chi connectivity index (χ4n) is 3.12. The van der Waals surface area contributed by atoms with E-state index < -0.39 is 6.10 Å². The van der Waals surface area contributed by atoms with Crippen LogP contribution in [0.25, 0.3) is 15.9 Å². The molecule has 22 heavy (non-hydrogen) atoms. The molecule has 0 aromatic carbocycles. The molecule has 6 nitrogen and oxygen atoms in total. The average molecular weight is 317 g/mol. The first-order valence-corrected chi connectivity index (χ1v) is 8.51. The van der Waals surface area contributed by atoms with Crippen molar-refractivity contribution in [2.24, 2.45) is 5.92 Å². The molecule has 0 saturated carbocycles. The topological polar surface area (TPSA) is 75.3 Å². The number of aliphatic hydroxyl groups is 1. The van der Waals surface area contributed by atoms with Crippen molar-refractivity contribution in [1.29, 1.82) is 0 Å². The van der Waals surface area contributed by atoms with Gasteiger partial charge in [0.2, 0.25) is 5.95 Å². The number of fused-ring (bicyclic) bond motifs is 5. The number of hydrogen-bond acceptors (Lipinski definition) is 6. The second-order valence-electron chi connectivity index (χ2n) is 6.19. The molecule has 116 valence electrons. The van der Waals surface area contributed by atoms with Gasteiger partial charge in [0.25, 0.3) is 0 Å². The molecule has 1 aliphatic rings. The molecule has 2 unspecified atom stereocenters. The summed E-state index contributed by atoms with van der Waals surface area (Å²) in [6.07, 6.45) is 4.61. The van der Waals surface area contributed by atoms with E-state index in [4.69, 9.17) is 4.98 Å². The highest BCUT2D eigenvalue weighted by atomic mass is 32.1. The van der Waals surface area contributed by atoms with Gasteiger partial charge in [-0.2, -0.15) is 9.61 Å². The number of aryl methyl sites for hydroxylation is 1. The van der Waals surface area contributed by atoms with E-state index in [1.807, 2.05) is 0 Å². The van der Waals surface area contributed by atoms with E-state index in [9.17, 15) is 5.11 Å². The third kappa shape index (κ3) is 2.16. The van der Waals surface area contributed by atoms with E-state index in [1.54, 1.807) is 29.1 Å². The fraction of sp³-hybridized carbons (Fsp3) is 0.533. The van der Waals surface area contributed by atoms with Crippen molar-refractivity contribution < 1.29 is 5.11 Å². The molecule has 4 rings (SSSR count). The molecule has 0 spiro atoms. The lowest BCUT2D eigenvalue weighted by molar-refractivity contribution is 0.208. The predicted molar refractivity (Wildman–Crippen MR) is 87.5 cm³/mol. The van der Waals surface area contributed by atoms with Crippen LogP contribution >= 0.6 is 11.3 Å². The molecule has 3 aromatic rings. The van der Waals surface area contributed by atoms with Gasteiger partial charge >= 0.3 is 0 Å². The Morgan fingerprint density at radius 1 is 1.55 bits per heavy atom. The zero-order valence-corrected chi connectivity index (χ0v) is 13.5. The molecule has 7 heteroatoms. The molecule has 0 radical (unpaired) electrons. The SMILES string of the molecule is CC(O)CNc1nc2sc3c(c2c2ncnn12)CC(C)CC3. The van der Waals surface area contributed by atoms with Crippen LogP contribution in [0.1, 0.15) is 30.7 Å². The lowest BCUT2D eigenvalue weighted by atomic mass is 9.89. The summed E-state index contributed by atoms with van der Waals surface area (Å²) in [4.78, 5) is 11.7. The molecule has 3 aromatic heterocycles. The zero-order valence-electron chi connectivity index (χ0n) is 12.7. The van der Waals surface area contributed by atoms with E-state index in [0.29, 0.717) is 18.4 Å². The molecule has 1 aliphatic carbocycles. The van der Waals surface area contributed by atoms with Crippen molar-refractivity contribution >= 4 is 33.1 Å². The minimum atomic E-state index is -0.437. The fourth-order valence-corrected chi connectivity index (χ4v) is 4.33. The molecular weight excluding hydrogens is 298 g/mol. The third-order valence-electron chi connectivity index (χ3n) is 4.22. The van der Waals surface area contributed by atoms with Crippen molar-refractivity contribution in [3.05, 3.63) is 16.8 Å². The summed E-state index contributed by atoms with van der Waals surface area (Å²) in [6, 6.07) is 0. The lowest BCUT2D eigenvalue weighted by Gasteiger charge is -2.18. The molecule has 2 N–H and O–H groups in total. The van der Waals surface area contributed by atoms with Crippen molar-refractivity contribution in [2.45, 2.75) is 39.2 Å². The Labute approximate surface area is 132 Å². The summed E-state index contributed by atoms with van der Waals surface area (Å²) in [7, 11) is 0. The Bertz CT molecular complexity index is 837. The van der Waals surface area contributed by atoms with E-state index in [-0.39, 0.29) is 0 Å². The van der Waals surface area contributed by atoms with E-state index in [2.05, 4.69) is 22.3 Å². The molecule has 2 atom stereocenters. The van der Waals surface area contributed by atoms with Gasteiger partial charge in [-0.3, -0.25) is 0 Å². The molecule has 3 heterocycles. The highest BCUT2D eigenvalue weighted by Crippen LogP contribution is 2.39. The number of rotatable bonds is 3. The van der Waals surface area contributed by atoms with Crippen molar-refractivity contribution in [3.8, 4) is 0 Å². The van der Waals surface area contributed by atoms with Gasteiger partial charge in [-0.1, -0.05) is 6.92 Å². The summed E-state index contributed by atoms with van der Waals surface area (Å²) in [5.74, 6) is 1.36. The summed E-state index contributed by atoms with van der Waals surface area (Å²) in [5.41, 5.74) is 2.27. The molecule has 0 bridgehead atoms. The molecule has 0 amide bonds. The predicted octanol–water partition coefficient (Wildman–Crippen LogP) is 2.26. The number of anilines is 1. The maximum absolute atomic E-state index is 9.48. The van der Waals surface area contributed by atoms with E-state index >= 15 is 0 Å². The average Bonchev–Trinajstić information content (AvgIpc) is 3.07. The molecular formula is C15H19N5OS. The van der Waals surface area contributed by atoms with Crippen molar-refractivity contribution in [3.63, 3.8) is 0 Å². The highest BCUT2D eigenvalue weighted by molar-refractivity contribution is 7.19. The summed E-state index contributed by atoms with van der Waals surface area (Å²) >= 11 is 1.77. The second kappa shape index (κ2) is 5.17. The van der Waals surface area contributed by atoms with Crippen LogP contribution in [-0.4, -0.2) is 37.3 Å². The first kappa shape index (κ1) is 13.9.